The Morgan fingerprint density at radius 1 is 1.29 bits per heavy atom. The number of nitrogens with zero attached hydrogens (tertiary/aromatic N) is 4. The zero-order valence-corrected chi connectivity index (χ0v) is 10.2. The number of hydrogen-bond acceptors (Lipinski definition) is 4. The van der Waals surface area contributed by atoms with Crippen molar-refractivity contribution in [2.24, 2.45) is 5.92 Å². The number of nitrogens with one attached hydrogen (secondary N) is 1. The first kappa shape index (κ1) is 11.7. The third-order valence-corrected chi connectivity index (χ3v) is 2.31. The Kier molecular flexibility index (Phi) is 3.82. The second kappa shape index (κ2) is 5.54. The Bertz CT molecular complexity index is 449. The Morgan fingerprint density at radius 3 is 2.88 bits per heavy atom. The molecule has 5 heteroatoms. The van der Waals surface area contributed by atoms with Crippen molar-refractivity contribution in [3.05, 3.63) is 36.8 Å². The zero-order chi connectivity index (χ0) is 12.1. The molecule has 5 nitrogen and oxygen atoms in total. The molecule has 0 bridgehead atoms. The molecular formula is C12H17N5. The fourth-order valence-electron chi connectivity index (χ4n) is 1.49. The van der Waals surface area contributed by atoms with Crippen LogP contribution in [0.5, 0.6) is 0 Å². The van der Waals surface area contributed by atoms with Gasteiger partial charge >= 0.3 is 0 Å². The van der Waals surface area contributed by atoms with Gasteiger partial charge in [-0.15, -0.1) is 0 Å². The average molecular weight is 231 g/mol. The van der Waals surface area contributed by atoms with Gasteiger partial charge in [0.25, 0.3) is 0 Å². The highest BCUT2D eigenvalue weighted by atomic mass is 15.1. The van der Waals surface area contributed by atoms with Crippen molar-refractivity contribution in [2.75, 3.05) is 6.54 Å². The first-order valence-corrected chi connectivity index (χ1v) is 5.75. The highest BCUT2D eigenvalue weighted by Crippen LogP contribution is 2.03. The van der Waals surface area contributed by atoms with Crippen LogP contribution in [0.2, 0.25) is 0 Å². The number of imidazole rings is 1. The normalized spacial score (nSPS) is 11.0. The van der Waals surface area contributed by atoms with Crippen LogP contribution in [0.1, 0.15) is 19.5 Å². The molecule has 0 aliphatic carbocycles. The van der Waals surface area contributed by atoms with Gasteiger partial charge in [0.15, 0.2) is 5.82 Å². The van der Waals surface area contributed by atoms with Gasteiger partial charge in [0, 0.05) is 25.1 Å². The Labute approximate surface area is 101 Å². The quantitative estimate of drug-likeness (QED) is 0.845. The predicted molar refractivity (Wildman–Crippen MR) is 65.7 cm³/mol. The largest absolute Gasteiger partial charge is 0.311 e. The molecule has 2 rings (SSSR count). The second-order valence-electron chi connectivity index (χ2n) is 4.36. The minimum Gasteiger partial charge on any atom is -0.311 e. The molecule has 0 saturated heterocycles. The van der Waals surface area contributed by atoms with E-state index in [9.17, 15) is 0 Å². The lowest BCUT2D eigenvalue weighted by Gasteiger charge is -2.04. The molecule has 0 aliphatic heterocycles. The van der Waals surface area contributed by atoms with Gasteiger partial charge < -0.3 is 5.32 Å². The molecule has 17 heavy (non-hydrogen) atoms. The summed E-state index contributed by atoms with van der Waals surface area (Å²) in [6, 6.07) is 0. The summed E-state index contributed by atoms with van der Waals surface area (Å²) in [5, 5.41) is 3.35. The molecule has 2 aromatic rings. The van der Waals surface area contributed by atoms with E-state index < -0.39 is 0 Å². The molecule has 1 N–H and O–H groups in total. The topological polar surface area (TPSA) is 55.6 Å². The lowest BCUT2D eigenvalue weighted by molar-refractivity contribution is 0.549. The summed E-state index contributed by atoms with van der Waals surface area (Å²) in [6.45, 7) is 6.15. The maximum atomic E-state index is 4.32. The van der Waals surface area contributed by atoms with E-state index in [-0.39, 0.29) is 0 Å². The van der Waals surface area contributed by atoms with Crippen LogP contribution in [-0.2, 0) is 6.54 Å². The van der Waals surface area contributed by atoms with Crippen molar-refractivity contribution >= 4 is 0 Å². The number of aromatic nitrogens is 4. The van der Waals surface area contributed by atoms with Crippen molar-refractivity contribution < 1.29 is 0 Å². The summed E-state index contributed by atoms with van der Waals surface area (Å²) in [4.78, 5) is 12.6. The van der Waals surface area contributed by atoms with E-state index in [0.717, 1.165) is 24.6 Å². The molecule has 0 atom stereocenters. The lowest BCUT2D eigenvalue weighted by atomic mass is 10.2. The molecule has 0 amide bonds. The van der Waals surface area contributed by atoms with E-state index in [1.54, 1.807) is 24.9 Å². The third-order valence-electron chi connectivity index (χ3n) is 2.31. The van der Waals surface area contributed by atoms with Crippen LogP contribution >= 0.6 is 0 Å². The molecule has 0 saturated carbocycles. The van der Waals surface area contributed by atoms with Crippen LogP contribution in [0.15, 0.2) is 31.1 Å². The summed E-state index contributed by atoms with van der Waals surface area (Å²) in [5.74, 6) is 1.44. The van der Waals surface area contributed by atoms with Crippen LogP contribution in [-0.4, -0.2) is 26.1 Å². The molecule has 2 aromatic heterocycles. The first-order valence-electron chi connectivity index (χ1n) is 5.75. The summed E-state index contributed by atoms with van der Waals surface area (Å²) < 4.78 is 1.87. The van der Waals surface area contributed by atoms with Crippen LogP contribution in [0.3, 0.4) is 0 Å². The fraction of sp³-hybridized carbons (Fsp3) is 0.417. The van der Waals surface area contributed by atoms with E-state index in [0.29, 0.717) is 5.92 Å². The Balaban J connectivity index is 1.97. The molecule has 90 valence electrons. The van der Waals surface area contributed by atoms with Crippen molar-refractivity contribution in [2.45, 2.75) is 20.4 Å². The van der Waals surface area contributed by atoms with Crippen LogP contribution in [0.4, 0.5) is 0 Å². The third kappa shape index (κ3) is 3.35. The van der Waals surface area contributed by atoms with Crippen molar-refractivity contribution in [1.82, 2.24) is 24.8 Å². The van der Waals surface area contributed by atoms with Crippen molar-refractivity contribution in [3.8, 4) is 5.82 Å². The van der Waals surface area contributed by atoms with Gasteiger partial charge in [0.1, 0.15) is 6.33 Å². The van der Waals surface area contributed by atoms with Crippen molar-refractivity contribution in [3.63, 3.8) is 0 Å². The zero-order valence-electron chi connectivity index (χ0n) is 10.2. The molecule has 0 aromatic carbocycles. The van der Waals surface area contributed by atoms with Gasteiger partial charge in [-0.25, -0.2) is 9.97 Å². The van der Waals surface area contributed by atoms with Gasteiger partial charge in [-0.3, -0.25) is 9.55 Å². The minimum atomic E-state index is 0.650. The minimum absolute atomic E-state index is 0.650. The highest BCUT2D eigenvalue weighted by molar-refractivity contribution is 5.18. The van der Waals surface area contributed by atoms with E-state index in [1.165, 1.54) is 0 Å². The summed E-state index contributed by atoms with van der Waals surface area (Å²) in [6.07, 6.45) is 8.78. The summed E-state index contributed by atoms with van der Waals surface area (Å²) in [5.41, 5.74) is 1.01. The van der Waals surface area contributed by atoms with Gasteiger partial charge in [-0.2, -0.15) is 0 Å². The summed E-state index contributed by atoms with van der Waals surface area (Å²) in [7, 11) is 0. The molecule has 2 heterocycles. The molecule has 0 fully saturated rings. The van der Waals surface area contributed by atoms with Crippen LogP contribution < -0.4 is 5.32 Å². The van der Waals surface area contributed by atoms with E-state index in [2.05, 4.69) is 34.1 Å². The van der Waals surface area contributed by atoms with Crippen LogP contribution in [0, 0.1) is 5.92 Å². The molecule has 0 aliphatic rings. The van der Waals surface area contributed by atoms with Crippen molar-refractivity contribution in [1.29, 1.82) is 0 Å². The molecule has 0 spiro atoms. The van der Waals surface area contributed by atoms with Gasteiger partial charge in [-0.1, -0.05) is 13.8 Å². The average Bonchev–Trinajstić information content (AvgIpc) is 2.78. The monoisotopic (exact) mass is 231 g/mol. The van der Waals surface area contributed by atoms with E-state index >= 15 is 0 Å². The lowest BCUT2D eigenvalue weighted by Crippen LogP contribution is -2.19. The first-order chi connectivity index (χ1) is 8.25. The van der Waals surface area contributed by atoms with Gasteiger partial charge in [0.2, 0.25) is 0 Å². The second-order valence-corrected chi connectivity index (χ2v) is 4.36. The Morgan fingerprint density at radius 2 is 2.18 bits per heavy atom. The predicted octanol–water partition coefficient (Wildman–Crippen LogP) is 1.41. The number of rotatable bonds is 5. The fourth-order valence-corrected chi connectivity index (χ4v) is 1.49. The molecule has 0 unspecified atom stereocenters. The van der Waals surface area contributed by atoms with E-state index in [4.69, 9.17) is 0 Å². The molecular weight excluding hydrogens is 214 g/mol. The number of hydrogen-bond donors (Lipinski definition) is 1. The SMILES string of the molecule is CC(C)CNCc1cn(-c2cnccn2)cn1. The molecule has 0 radical (unpaired) electrons. The Hall–Kier alpha value is -1.75. The standard InChI is InChI=1S/C12H17N5/c1-10(2)5-14-6-11-8-17(9-16-11)12-7-13-3-4-15-12/h3-4,7-10,14H,5-6H2,1-2H3. The van der Waals surface area contributed by atoms with Gasteiger partial charge in [0.05, 0.1) is 11.9 Å². The van der Waals surface area contributed by atoms with Gasteiger partial charge in [-0.05, 0) is 12.5 Å². The summed E-state index contributed by atoms with van der Waals surface area (Å²) >= 11 is 0. The smallest absolute Gasteiger partial charge is 0.156 e. The van der Waals surface area contributed by atoms with E-state index in [1.807, 2.05) is 10.8 Å². The maximum Gasteiger partial charge on any atom is 0.156 e. The maximum absolute atomic E-state index is 4.32. The van der Waals surface area contributed by atoms with Crippen LogP contribution in [0.25, 0.3) is 5.82 Å². The highest BCUT2D eigenvalue weighted by Gasteiger charge is 2.01.